The molecule has 1 fully saturated rings. The summed E-state index contributed by atoms with van der Waals surface area (Å²) in [6.45, 7) is 1.96. The first kappa shape index (κ1) is 13.6. The fourth-order valence-electron chi connectivity index (χ4n) is 2.05. The van der Waals surface area contributed by atoms with Crippen LogP contribution in [0, 0.1) is 5.92 Å². The van der Waals surface area contributed by atoms with Crippen LogP contribution in [0.2, 0.25) is 0 Å². The predicted octanol–water partition coefficient (Wildman–Crippen LogP) is 4.84. The fourth-order valence-corrected chi connectivity index (χ4v) is 2.90. The van der Waals surface area contributed by atoms with Crippen LogP contribution in [0.1, 0.15) is 31.3 Å². The van der Waals surface area contributed by atoms with Crippen LogP contribution in [0.4, 0.5) is 13.2 Å². The summed E-state index contributed by atoms with van der Waals surface area (Å²) in [7, 11) is 0. The largest absolute Gasteiger partial charge is 0.452 e. The Balaban J connectivity index is 2.02. The molecule has 0 aromatic carbocycles. The molecular weight excluding hydrogens is 261 g/mol. The summed E-state index contributed by atoms with van der Waals surface area (Å²) in [6.07, 6.45) is 1.62. The topological polar surface area (TPSA) is 13.1 Å². The summed E-state index contributed by atoms with van der Waals surface area (Å²) in [5, 5.41) is 0.695. The number of furan rings is 1. The van der Waals surface area contributed by atoms with Gasteiger partial charge < -0.3 is 4.42 Å². The van der Waals surface area contributed by atoms with Gasteiger partial charge >= 0.3 is 6.18 Å². The van der Waals surface area contributed by atoms with Gasteiger partial charge in [-0.05, 0) is 50.1 Å². The van der Waals surface area contributed by atoms with Crippen molar-refractivity contribution in [2.45, 2.75) is 31.2 Å². The van der Waals surface area contributed by atoms with E-state index in [2.05, 4.69) is 6.26 Å². The van der Waals surface area contributed by atoms with Crippen LogP contribution in [0.5, 0.6) is 0 Å². The lowest BCUT2D eigenvalue weighted by Gasteiger charge is -2.34. The normalized spacial score (nSPS) is 25.1. The van der Waals surface area contributed by atoms with Gasteiger partial charge in [0.05, 0.1) is 0 Å². The molecule has 0 bridgehead atoms. The second-order valence-electron chi connectivity index (χ2n) is 4.61. The molecule has 1 saturated carbocycles. The van der Waals surface area contributed by atoms with E-state index in [1.165, 1.54) is 6.07 Å². The highest BCUT2D eigenvalue weighted by molar-refractivity contribution is 7.99. The first-order chi connectivity index (χ1) is 8.40. The second kappa shape index (κ2) is 5.03. The highest BCUT2D eigenvalue weighted by atomic mass is 32.2. The summed E-state index contributed by atoms with van der Waals surface area (Å²) in [4.78, 5) is 0. The maximum atomic E-state index is 12.4. The van der Waals surface area contributed by atoms with Gasteiger partial charge in [-0.3, -0.25) is 0 Å². The lowest BCUT2D eigenvalue weighted by atomic mass is 9.79. The third-order valence-corrected chi connectivity index (χ3v) is 4.40. The molecule has 0 radical (unpaired) electrons. The molecule has 0 atom stereocenters. The highest BCUT2D eigenvalue weighted by Crippen LogP contribution is 2.40. The van der Waals surface area contributed by atoms with Gasteiger partial charge in [0, 0.05) is 5.25 Å². The molecule has 1 aliphatic rings. The van der Waals surface area contributed by atoms with Crippen molar-refractivity contribution in [2.75, 3.05) is 6.26 Å². The molecule has 0 saturated heterocycles. The van der Waals surface area contributed by atoms with Crippen molar-refractivity contribution < 1.29 is 17.6 Å². The molecule has 1 aromatic rings. The monoisotopic (exact) mass is 276 g/mol. The number of rotatable bonds is 3. The number of hydrogen-bond acceptors (Lipinski definition) is 2. The molecule has 18 heavy (non-hydrogen) atoms. The molecule has 100 valence electrons. The Hall–Kier alpha value is -0.840. The molecule has 0 unspecified atom stereocenters. The minimum Gasteiger partial charge on any atom is -0.452 e. The number of thioether (sulfide) groups is 1. The predicted molar refractivity (Wildman–Crippen MR) is 67.4 cm³/mol. The Kier molecular flexibility index (Phi) is 3.80. The van der Waals surface area contributed by atoms with E-state index in [4.69, 9.17) is 4.42 Å². The van der Waals surface area contributed by atoms with Crippen LogP contribution in [-0.2, 0) is 6.18 Å². The summed E-state index contributed by atoms with van der Waals surface area (Å²) in [6, 6.07) is 2.35. The SMILES string of the molecule is CSC1CC(/C(C)=C/c2ccc(C(F)(F)F)o2)C1. The molecule has 0 N–H and O–H groups in total. The van der Waals surface area contributed by atoms with Crippen molar-refractivity contribution in [2.24, 2.45) is 5.92 Å². The van der Waals surface area contributed by atoms with Gasteiger partial charge in [-0.1, -0.05) is 5.57 Å². The first-order valence-corrected chi connectivity index (χ1v) is 7.07. The van der Waals surface area contributed by atoms with Crippen LogP contribution in [0.25, 0.3) is 6.08 Å². The van der Waals surface area contributed by atoms with Crippen molar-refractivity contribution in [1.82, 2.24) is 0 Å². The van der Waals surface area contributed by atoms with Gasteiger partial charge in [0.2, 0.25) is 5.76 Å². The van der Waals surface area contributed by atoms with Crippen LogP contribution in [-0.4, -0.2) is 11.5 Å². The van der Waals surface area contributed by atoms with Crippen molar-refractivity contribution in [3.8, 4) is 0 Å². The van der Waals surface area contributed by atoms with Crippen molar-refractivity contribution in [1.29, 1.82) is 0 Å². The molecule has 0 spiro atoms. The van der Waals surface area contributed by atoms with Gasteiger partial charge in [0.1, 0.15) is 5.76 Å². The minimum atomic E-state index is -4.40. The van der Waals surface area contributed by atoms with E-state index < -0.39 is 11.9 Å². The molecule has 5 heteroatoms. The van der Waals surface area contributed by atoms with E-state index in [0.717, 1.165) is 24.5 Å². The zero-order valence-electron chi connectivity index (χ0n) is 10.3. The van der Waals surface area contributed by atoms with Crippen LogP contribution >= 0.6 is 11.8 Å². The Morgan fingerprint density at radius 3 is 2.56 bits per heavy atom. The molecular formula is C13H15F3OS. The molecule has 1 aromatic heterocycles. The van der Waals surface area contributed by atoms with E-state index >= 15 is 0 Å². The molecule has 0 aliphatic heterocycles. The average molecular weight is 276 g/mol. The quantitative estimate of drug-likeness (QED) is 0.783. The van der Waals surface area contributed by atoms with Crippen molar-refractivity contribution in [3.63, 3.8) is 0 Å². The molecule has 1 nitrogen and oxygen atoms in total. The second-order valence-corrected chi connectivity index (χ2v) is 5.75. The summed E-state index contributed by atoms with van der Waals surface area (Å²) in [5.74, 6) is -0.161. The van der Waals surface area contributed by atoms with Gasteiger partial charge in [0.25, 0.3) is 0 Å². The Labute approximate surface area is 108 Å². The minimum absolute atomic E-state index is 0.285. The maximum absolute atomic E-state index is 12.4. The van der Waals surface area contributed by atoms with Gasteiger partial charge in [0.15, 0.2) is 0 Å². The standard InChI is InChI=1S/C13H15F3OS/c1-8(9-6-11(7-9)18-2)5-10-3-4-12(17-10)13(14,15)16/h3-5,9,11H,6-7H2,1-2H3/b8-5+. The van der Waals surface area contributed by atoms with E-state index in [1.807, 2.05) is 18.7 Å². The van der Waals surface area contributed by atoms with E-state index in [-0.39, 0.29) is 5.76 Å². The van der Waals surface area contributed by atoms with Crippen LogP contribution < -0.4 is 0 Å². The summed E-state index contributed by atoms with van der Waals surface area (Å²) >= 11 is 1.85. The third kappa shape index (κ3) is 2.94. The van der Waals surface area contributed by atoms with Crippen molar-refractivity contribution in [3.05, 3.63) is 29.2 Å². The molecule has 0 amide bonds. The Bertz CT molecular complexity index is 441. The highest BCUT2D eigenvalue weighted by Gasteiger charge is 2.35. The average Bonchev–Trinajstić information content (AvgIpc) is 2.63. The molecule has 1 aliphatic carbocycles. The van der Waals surface area contributed by atoms with E-state index in [0.29, 0.717) is 11.2 Å². The molecule has 2 rings (SSSR count). The van der Waals surface area contributed by atoms with Crippen LogP contribution in [0.3, 0.4) is 0 Å². The van der Waals surface area contributed by atoms with Gasteiger partial charge in [-0.15, -0.1) is 0 Å². The Morgan fingerprint density at radius 2 is 2.06 bits per heavy atom. The number of alkyl halides is 3. The van der Waals surface area contributed by atoms with Crippen LogP contribution in [0.15, 0.2) is 22.1 Å². The molecule has 1 heterocycles. The Morgan fingerprint density at radius 1 is 1.39 bits per heavy atom. The van der Waals surface area contributed by atoms with Gasteiger partial charge in [-0.2, -0.15) is 24.9 Å². The number of allylic oxidation sites excluding steroid dienone is 1. The first-order valence-electron chi connectivity index (χ1n) is 5.78. The smallest absolute Gasteiger partial charge is 0.449 e. The number of halogens is 3. The zero-order valence-corrected chi connectivity index (χ0v) is 11.1. The maximum Gasteiger partial charge on any atom is 0.449 e. The van der Waals surface area contributed by atoms with E-state index in [1.54, 1.807) is 6.08 Å². The number of hydrogen-bond donors (Lipinski definition) is 0. The van der Waals surface area contributed by atoms with Crippen molar-refractivity contribution >= 4 is 17.8 Å². The third-order valence-electron chi connectivity index (χ3n) is 3.35. The fraction of sp³-hybridized carbons (Fsp3) is 0.538. The zero-order chi connectivity index (χ0) is 13.3. The lowest BCUT2D eigenvalue weighted by molar-refractivity contribution is -0.153. The summed E-state index contributed by atoms with van der Waals surface area (Å²) < 4.78 is 41.8. The van der Waals surface area contributed by atoms with E-state index in [9.17, 15) is 13.2 Å². The van der Waals surface area contributed by atoms with Gasteiger partial charge in [-0.25, -0.2) is 0 Å². The lowest BCUT2D eigenvalue weighted by Crippen LogP contribution is -2.26. The summed E-state index contributed by atoms with van der Waals surface area (Å²) in [5.41, 5.74) is 1.10.